The summed E-state index contributed by atoms with van der Waals surface area (Å²) in [6, 6.07) is 11.7. The number of nitrogens with one attached hydrogen (secondary N) is 1. The molecule has 4 amide bonds. The number of imide groups is 2. The summed E-state index contributed by atoms with van der Waals surface area (Å²) in [5.41, 5.74) is 0.464. The lowest BCUT2D eigenvalue weighted by atomic mass is 10.1. The summed E-state index contributed by atoms with van der Waals surface area (Å²) in [7, 11) is 0. The minimum Gasteiger partial charge on any atom is -0.480 e. The third kappa shape index (κ3) is 4.02. The number of rotatable bonds is 5. The van der Waals surface area contributed by atoms with E-state index in [-0.39, 0.29) is 16.3 Å². The summed E-state index contributed by atoms with van der Waals surface area (Å²) >= 11 is 6.05. The van der Waals surface area contributed by atoms with E-state index in [9.17, 15) is 19.2 Å². The molecule has 0 radical (unpaired) electrons. The number of hydrogen-bond acceptors (Lipinski definition) is 5. The zero-order valence-electron chi connectivity index (χ0n) is 14.2. The van der Waals surface area contributed by atoms with Crippen LogP contribution in [0.15, 0.2) is 54.1 Å². The number of aliphatic carboxylic acids is 1. The number of halogens is 1. The molecule has 0 aromatic heterocycles. The summed E-state index contributed by atoms with van der Waals surface area (Å²) in [5, 5.41) is 10.9. The lowest BCUT2D eigenvalue weighted by Crippen LogP contribution is -2.54. The first-order chi connectivity index (χ1) is 13.4. The van der Waals surface area contributed by atoms with Crippen molar-refractivity contribution in [3.63, 3.8) is 0 Å². The Morgan fingerprint density at radius 3 is 2.50 bits per heavy atom. The number of carboxylic acids is 1. The molecule has 1 aliphatic heterocycles. The fourth-order valence-corrected chi connectivity index (χ4v) is 2.74. The van der Waals surface area contributed by atoms with Crippen molar-refractivity contribution >= 4 is 47.2 Å². The van der Waals surface area contributed by atoms with Gasteiger partial charge in [0.25, 0.3) is 11.8 Å². The van der Waals surface area contributed by atoms with Crippen LogP contribution in [0, 0.1) is 0 Å². The van der Waals surface area contributed by atoms with Crippen LogP contribution in [0.25, 0.3) is 6.08 Å². The molecule has 1 aliphatic rings. The van der Waals surface area contributed by atoms with Gasteiger partial charge in [0.2, 0.25) is 0 Å². The second-order valence-electron chi connectivity index (χ2n) is 5.67. The molecular formula is C19H13ClN2O6. The Balaban J connectivity index is 1.91. The predicted octanol–water partition coefficient (Wildman–Crippen LogP) is 2.47. The average Bonchev–Trinajstić information content (AvgIpc) is 2.65. The number of carbonyl (C=O) groups is 4. The van der Waals surface area contributed by atoms with E-state index in [4.69, 9.17) is 21.4 Å². The number of barbiturate groups is 1. The van der Waals surface area contributed by atoms with Gasteiger partial charge in [0.1, 0.15) is 11.3 Å². The SMILES string of the molecule is O=C(O)COc1ccc(C=C2C(=O)NC(=O)N(c3ccccc3)C2=O)cc1Cl. The van der Waals surface area contributed by atoms with Crippen molar-refractivity contribution in [1.82, 2.24) is 5.32 Å². The second-order valence-corrected chi connectivity index (χ2v) is 6.07. The number of benzene rings is 2. The fraction of sp³-hybridized carbons (Fsp3) is 0.0526. The molecule has 8 nitrogen and oxygen atoms in total. The van der Waals surface area contributed by atoms with Crippen molar-refractivity contribution in [3.05, 3.63) is 64.7 Å². The van der Waals surface area contributed by atoms with E-state index in [1.165, 1.54) is 24.3 Å². The number of carbonyl (C=O) groups excluding carboxylic acids is 3. The predicted molar refractivity (Wildman–Crippen MR) is 100 cm³/mol. The largest absolute Gasteiger partial charge is 0.480 e. The number of urea groups is 1. The Labute approximate surface area is 164 Å². The maximum Gasteiger partial charge on any atom is 0.341 e. The molecule has 0 spiro atoms. The van der Waals surface area contributed by atoms with E-state index in [0.717, 1.165) is 4.90 Å². The Hall–Kier alpha value is -3.65. The van der Waals surface area contributed by atoms with Crippen LogP contribution in [0.1, 0.15) is 5.56 Å². The van der Waals surface area contributed by atoms with Gasteiger partial charge in [0, 0.05) is 0 Å². The summed E-state index contributed by atoms with van der Waals surface area (Å²) in [6.07, 6.45) is 1.28. The van der Waals surface area contributed by atoms with E-state index in [0.29, 0.717) is 11.3 Å². The standard InChI is InChI=1S/C19H13ClN2O6/c20-14-9-11(6-7-15(14)28-10-16(23)24)8-13-17(25)21-19(27)22(18(13)26)12-4-2-1-3-5-12/h1-9H,10H2,(H,23,24)(H,21,25,27). The zero-order chi connectivity index (χ0) is 20.3. The van der Waals surface area contributed by atoms with Crippen molar-refractivity contribution in [2.45, 2.75) is 0 Å². The molecule has 0 unspecified atom stereocenters. The van der Waals surface area contributed by atoms with Crippen LogP contribution in [0.4, 0.5) is 10.5 Å². The van der Waals surface area contributed by atoms with Gasteiger partial charge in [-0.1, -0.05) is 35.9 Å². The lowest BCUT2D eigenvalue weighted by Gasteiger charge is -2.26. The maximum absolute atomic E-state index is 12.7. The van der Waals surface area contributed by atoms with Crippen molar-refractivity contribution in [3.8, 4) is 5.75 Å². The van der Waals surface area contributed by atoms with Gasteiger partial charge in [-0.05, 0) is 35.9 Å². The number of anilines is 1. The third-order valence-corrected chi connectivity index (χ3v) is 4.03. The average molecular weight is 401 g/mol. The first kappa shape index (κ1) is 19.1. The van der Waals surface area contributed by atoms with Gasteiger partial charge in [0.05, 0.1) is 10.7 Å². The van der Waals surface area contributed by atoms with E-state index in [1.54, 1.807) is 30.3 Å². The zero-order valence-corrected chi connectivity index (χ0v) is 15.0. The first-order valence-electron chi connectivity index (χ1n) is 7.97. The number of ether oxygens (including phenoxy) is 1. The number of hydrogen-bond donors (Lipinski definition) is 2. The van der Waals surface area contributed by atoms with Gasteiger partial charge in [0.15, 0.2) is 6.61 Å². The summed E-state index contributed by atoms with van der Waals surface area (Å²) in [4.78, 5) is 48.4. The molecule has 0 atom stereocenters. The Morgan fingerprint density at radius 1 is 1.14 bits per heavy atom. The highest BCUT2D eigenvalue weighted by atomic mass is 35.5. The van der Waals surface area contributed by atoms with Crippen LogP contribution in [0.5, 0.6) is 5.75 Å². The third-order valence-electron chi connectivity index (χ3n) is 3.73. The normalized spacial score (nSPS) is 15.5. The number of para-hydroxylation sites is 1. The summed E-state index contributed by atoms with van der Waals surface area (Å²) in [5.74, 6) is -2.61. The van der Waals surface area contributed by atoms with Crippen molar-refractivity contribution in [2.75, 3.05) is 11.5 Å². The van der Waals surface area contributed by atoms with Crippen LogP contribution >= 0.6 is 11.6 Å². The minimum absolute atomic E-state index is 0.107. The number of nitrogens with zero attached hydrogens (tertiary/aromatic N) is 1. The van der Waals surface area contributed by atoms with Crippen LogP contribution < -0.4 is 15.0 Å². The van der Waals surface area contributed by atoms with Gasteiger partial charge in [-0.2, -0.15) is 0 Å². The van der Waals surface area contributed by atoms with Crippen LogP contribution in [0.3, 0.4) is 0 Å². The molecule has 2 N–H and O–H groups in total. The molecule has 142 valence electrons. The van der Waals surface area contributed by atoms with E-state index < -0.39 is 30.4 Å². The van der Waals surface area contributed by atoms with Crippen LogP contribution in [-0.2, 0) is 14.4 Å². The summed E-state index contributed by atoms with van der Waals surface area (Å²) < 4.78 is 5.02. The number of carboxylic acid groups (broad SMARTS) is 1. The fourth-order valence-electron chi connectivity index (χ4n) is 2.50. The molecule has 1 fully saturated rings. The molecule has 28 heavy (non-hydrogen) atoms. The van der Waals surface area contributed by atoms with E-state index >= 15 is 0 Å². The molecule has 1 heterocycles. The van der Waals surface area contributed by atoms with E-state index in [1.807, 2.05) is 0 Å². The Kier molecular flexibility index (Phi) is 5.42. The van der Waals surface area contributed by atoms with E-state index in [2.05, 4.69) is 5.32 Å². The van der Waals surface area contributed by atoms with Crippen LogP contribution in [-0.4, -0.2) is 35.5 Å². The van der Waals surface area contributed by atoms with Gasteiger partial charge < -0.3 is 9.84 Å². The molecule has 3 rings (SSSR count). The smallest absolute Gasteiger partial charge is 0.341 e. The highest BCUT2D eigenvalue weighted by molar-refractivity contribution is 6.39. The second kappa shape index (κ2) is 7.93. The summed E-state index contributed by atoms with van der Waals surface area (Å²) in [6.45, 7) is -0.560. The molecule has 0 aliphatic carbocycles. The monoisotopic (exact) mass is 400 g/mol. The molecule has 0 saturated carbocycles. The Bertz CT molecular complexity index is 1000. The van der Waals surface area contributed by atoms with Crippen molar-refractivity contribution in [1.29, 1.82) is 0 Å². The maximum atomic E-state index is 12.7. The quantitative estimate of drug-likeness (QED) is 0.588. The van der Waals surface area contributed by atoms with Gasteiger partial charge in [-0.25, -0.2) is 14.5 Å². The number of amides is 4. The van der Waals surface area contributed by atoms with Gasteiger partial charge in [-0.15, -0.1) is 0 Å². The molecule has 2 aromatic rings. The molecular weight excluding hydrogens is 388 g/mol. The molecule has 0 bridgehead atoms. The van der Waals surface area contributed by atoms with Crippen molar-refractivity contribution < 1.29 is 29.0 Å². The molecule has 9 heteroatoms. The minimum atomic E-state index is -1.16. The van der Waals surface area contributed by atoms with Crippen LogP contribution in [0.2, 0.25) is 5.02 Å². The van der Waals surface area contributed by atoms with Crippen molar-refractivity contribution in [2.24, 2.45) is 0 Å². The Morgan fingerprint density at radius 2 is 1.86 bits per heavy atom. The highest BCUT2D eigenvalue weighted by Gasteiger charge is 2.36. The van der Waals surface area contributed by atoms with Gasteiger partial charge >= 0.3 is 12.0 Å². The highest BCUT2D eigenvalue weighted by Crippen LogP contribution is 2.27. The lowest BCUT2D eigenvalue weighted by molar-refractivity contribution is -0.139. The van der Waals surface area contributed by atoms with Gasteiger partial charge in [-0.3, -0.25) is 14.9 Å². The molecule has 2 aromatic carbocycles. The molecule has 1 saturated heterocycles. The first-order valence-corrected chi connectivity index (χ1v) is 8.35. The topological polar surface area (TPSA) is 113 Å².